The molecule has 0 unspecified atom stereocenters. The molecule has 0 aromatic heterocycles. The Bertz CT molecular complexity index is 216. The van der Waals surface area contributed by atoms with Gasteiger partial charge in [0.2, 0.25) is 0 Å². The summed E-state index contributed by atoms with van der Waals surface area (Å²) in [5.74, 6) is -1.07. The molecule has 0 bridgehead atoms. The van der Waals surface area contributed by atoms with Crippen LogP contribution in [0, 0.1) is 11.3 Å². The lowest BCUT2D eigenvalue weighted by Crippen LogP contribution is -2.40. The molecule has 2 N–H and O–H groups in total. The quantitative estimate of drug-likeness (QED) is 0.404. The van der Waals surface area contributed by atoms with Gasteiger partial charge in [-0.1, -0.05) is 6.58 Å². The van der Waals surface area contributed by atoms with Gasteiger partial charge in [-0.2, -0.15) is 5.26 Å². The Balaban J connectivity index is 3.55. The van der Waals surface area contributed by atoms with Crippen molar-refractivity contribution in [1.29, 1.82) is 5.26 Å². The third-order valence-electron chi connectivity index (χ3n) is 0.750. The van der Waals surface area contributed by atoms with Crippen molar-refractivity contribution in [2.45, 2.75) is 6.42 Å². The van der Waals surface area contributed by atoms with E-state index in [0.717, 1.165) is 6.08 Å². The summed E-state index contributed by atoms with van der Waals surface area (Å²) in [6.45, 7) is 3.16. The fourth-order valence-corrected chi connectivity index (χ4v) is 0.298. The first-order chi connectivity index (χ1) is 5.20. The molecule has 11 heavy (non-hydrogen) atoms. The Morgan fingerprint density at radius 3 is 2.64 bits per heavy atom. The first-order valence-electron chi connectivity index (χ1n) is 2.79. The zero-order chi connectivity index (χ0) is 8.69. The minimum Gasteiger partial charge on any atom is -0.272 e. The number of nitrogens with one attached hydrogen (secondary N) is 2. The fourth-order valence-electron chi connectivity index (χ4n) is 0.298. The molecule has 0 aliphatic rings. The summed E-state index contributed by atoms with van der Waals surface area (Å²) < 4.78 is 0. The van der Waals surface area contributed by atoms with Crippen LogP contribution in [0.5, 0.6) is 0 Å². The number of nitrogens with zero attached hydrogens (tertiary/aromatic N) is 1. The molecule has 2 amide bonds. The molecule has 0 saturated heterocycles. The van der Waals surface area contributed by atoms with Crippen molar-refractivity contribution >= 4 is 11.8 Å². The summed E-state index contributed by atoms with van der Waals surface area (Å²) in [7, 11) is 0. The predicted molar refractivity (Wildman–Crippen MR) is 36.7 cm³/mol. The van der Waals surface area contributed by atoms with E-state index in [4.69, 9.17) is 5.26 Å². The number of hydrogen-bond donors (Lipinski definition) is 2. The van der Waals surface area contributed by atoms with Crippen LogP contribution in [0.3, 0.4) is 0 Å². The Hall–Kier alpha value is -1.83. The second-order valence-electron chi connectivity index (χ2n) is 1.58. The van der Waals surface area contributed by atoms with Crippen molar-refractivity contribution in [2.75, 3.05) is 0 Å². The van der Waals surface area contributed by atoms with E-state index < -0.39 is 11.8 Å². The van der Waals surface area contributed by atoms with Gasteiger partial charge in [-0.15, -0.1) is 0 Å². The zero-order valence-electron chi connectivity index (χ0n) is 5.76. The van der Waals surface area contributed by atoms with E-state index in [1.807, 2.05) is 10.9 Å². The Morgan fingerprint density at radius 2 is 2.18 bits per heavy atom. The van der Waals surface area contributed by atoms with Crippen LogP contribution >= 0.6 is 0 Å². The first kappa shape index (κ1) is 9.17. The van der Waals surface area contributed by atoms with Crippen LogP contribution in [0.2, 0.25) is 0 Å². The monoisotopic (exact) mass is 153 g/mol. The van der Waals surface area contributed by atoms with E-state index in [0.29, 0.717) is 0 Å². The van der Waals surface area contributed by atoms with Gasteiger partial charge in [0.15, 0.2) is 0 Å². The molecule has 5 nitrogen and oxygen atoms in total. The van der Waals surface area contributed by atoms with Crippen molar-refractivity contribution in [3.63, 3.8) is 0 Å². The van der Waals surface area contributed by atoms with E-state index in [1.165, 1.54) is 0 Å². The number of amides is 2. The van der Waals surface area contributed by atoms with Crippen LogP contribution in [0.4, 0.5) is 0 Å². The normalized spacial score (nSPS) is 7.55. The van der Waals surface area contributed by atoms with Gasteiger partial charge in [-0.05, 0) is 6.08 Å². The van der Waals surface area contributed by atoms with E-state index in [1.54, 1.807) is 6.07 Å². The van der Waals surface area contributed by atoms with Crippen LogP contribution in [0.1, 0.15) is 6.42 Å². The fraction of sp³-hybridized carbons (Fsp3) is 0.167. The van der Waals surface area contributed by atoms with Crippen molar-refractivity contribution < 1.29 is 9.59 Å². The van der Waals surface area contributed by atoms with Crippen LogP contribution in [0.15, 0.2) is 12.7 Å². The van der Waals surface area contributed by atoms with Crippen LogP contribution < -0.4 is 10.9 Å². The number of nitriles is 1. The molecule has 0 rings (SSSR count). The molecule has 0 aliphatic carbocycles. The van der Waals surface area contributed by atoms with E-state index in [2.05, 4.69) is 6.58 Å². The van der Waals surface area contributed by atoms with Crippen molar-refractivity contribution in [2.24, 2.45) is 0 Å². The molecule has 0 radical (unpaired) electrons. The summed E-state index contributed by atoms with van der Waals surface area (Å²) >= 11 is 0. The van der Waals surface area contributed by atoms with Crippen molar-refractivity contribution in [3.05, 3.63) is 12.7 Å². The molecular weight excluding hydrogens is 146 g/mol. The standard InChI is InChI=1S/C6H7N3O2/c1-2-5(10)8-9-6(11)3-4-7/h2H,1,3H2,(H,8,10)(H,9,11). The number of hydrogen-bond acceptors (Lipinski definition) is 3. The molecule has 58 valence electrons. The second kappa shape index (κ2) is 4.99. The molecular formula is C6H7N3O2. The van der Waals surface area contributed by atoms with E-state index in [9.17, 15) is 9.59 Å². The SMILES string of the molecule is C=CC(=O)NNC(=O)CC#N. The maximum atomic E-state index is 10.5. The summed E-state index contributed by atoms with van der Waals surface area (Å²) in [6, 6.07) is 1.62. The third kappa shape index (κ3) is 4.66. The van der Waals surface area contributed by atoms with Crippen LogP contribution in [-0.2, 0) is 9.59 Å². The molecule has 0 aliphatic heterocycles. The highest BCUT2D eigenvalue weighted by molar-refractivity contribution is 5.89. The van der Waals surface area contributed by atoms with Crippen molar-refractivity contribution in [3.8, 4) is 6.07 Å². The lowest BCUT2D eigenvalue weighted by molar-refractivity contribution is -0.126. The molecule has 0 heterocycles. The van der Waals surface area contributed by atoms with E-state index in [-0.39, 0.29) is 6.42 Å². The van der Waals surface area contributed by atoms with Crippen molar-refractivity contribution in [1.82, 2.24) is 10.9 Å². The predicted octanol–water partition coefficient (Wildman–Crippen LogP) is -0.767. The molecule has 0 aromatic rings. The minimum atomic E-state index is -0.553. The number of hydrazine groups is 1. The third-order valence-corrected chi connectivity index (χ3v) is 0.750. The minimum absolute atomic E-state index is 0.280. The van der Waals surface area contributed by atoms with Gasteiger partial charge >= 0.3 is 0 Å². The van der Waals surface area contributed by atoms with Gasteiger partial charge < -0.3 is 0 Å². The number of carbonyl (C=O) groups is 2. The molecule has 0 fully saturated rings. The summed E-state index contributed by atoms with van der Waals surface area (Å²) in [5, 5.41) is 8.02. The zero-order valence-corrected chi connectivity index (χ0v) is 5.76. The van der Waals surface area contributed by atoms with Gasteiger partial charge in [0.25, 0.3) is 11.8 Å². The Labute approximate surface area is 63.7 Å². The van der Waals surface area contributed by atoms with E-state index >= 15 is 0 Å². The lowest BCUT2D eigenvalue weighted by Gasteiger charge is -2.00. The Kier molecular flexibility index (Phi) is 4.16. The van der Waals surface area contributed by atoms with Gasteiger partial charge in [-0.25, -0.2) is 0 Å². The molecule has 0 atom stereocenters. The summed E-state index contributed by atoms with van der Waals surface area (Å²) in [4.78, 5) is 20.9. The largest absolute Gasteiger partial charge is 0.272 e. The molecule has 0 spiro atoms. The van der Waals surface area contributed by atoms with Crippen LogP contribution in [-0.4, -0.2) is 11.8 Å². The van der Waals surface area contributed by atoms with Gasteiger partial charge in [-0.3, -0.25) is 20.4 Å². The highest BCUT2D eigenvalue weighted by atomic mass is 16.2. The summed E-state index contributed by atoms with van der Waals surface area (Å²) in [6.07, 6.45) is 0.726. The lowest BCUT2D eigenvalue weighted by atomic mass is 10.5. The molecule has 0 aromatic carbocycles. The topological polar surface area (TPSA) is 82.0 Å². The number of carbonyl (C=O) groups excluding carboxylic acids is 2. The first-order valence-corrected chi connectivity index (χ1v) is 2.79. The average Bonchev–Trinajstić information content (AvgIpc) is 2.01. The molecule has 5 heteroatoms. The highest BCUT2D eigenvalue weighted by Crippen LogP contribution is 1.71. The Morgan fingerprint density at radius 1 is 1.55 bits per heavy atom. The maximum Gasteiger partial charge on any atom is 0.261 e. The number of rotatable bonds is 2. The maximum absolute atomic E-state index is 10.5. The highest BCUT2D eigenvalue weighted by Gasteiger charge is 1.98. The molecule has 0 saturated carbocycles. The van der Waals surface area contributed by atoms with Gasteiger partial charge in [0.05, 0.1) is 6.07 Å². The van der Waals surface area contributed by atoms with Crippen LogP contribution in [0.25, 0.3) is 0 Å². The van der Waals surface area contributed by atoms with Gasteiger partial charge in [0, 0.05) is 0 Å². The van der Waals surface area contributed by atoms with Gasteiger partial charge in [0.1, 0.15) is 6.42 Å². The summed E-state index contributed by atoms with van der Waals surface area (Å²) in [5.41, 5.74) is 4.01. The average molecular weight is 153 g/mol. The smallest absolute Gasteiger partial charge is 0.261 e. The second-order valence-corrected chi connectivity index (χ2v) is 1.58.